The Morgan fingerprint density at radius 3 is 2.67 bits per heavy atom. The number of H-pyrrole nitrogens is 1. The van der Waals surface area contributed by atoms with E-state index in [0.717, 1.165) is 18.4 Å². The van der Waals surface area contributed by atoms with Crippen LogP contribution in [0.4, 0.5) is 5.82 Å². The van der Waals surface area contributed by atoms with Crippen LogP contribution in [-0.2, 0) is 6.42 Å². The van der Waals surface area contributed by atoms with Gasteiger partial charge in [0.05, 0.1) is 18.0 Å². The minimum Gasteiger partial charge on any atom is -0.506 e. The zero-order valence-electron chi connectivity index (χ0n) is 18.1. The molecule has 1 unspecified atom stereocenters. The largest absolute Gasteiger partial charge is 0.506 e. The fourth-order valence-corrected chi connectivity index (χ4v) is 3.91. The molecule has 0 bridgehead atoms. The zero-order chi connectivity index (χ0) is 22.2. The predicted octanol–water partition coefficient (Wildman–Crippen LogP) is 3.38. The van der Waals surface area contributed by atoms with Crippen molar-refractivity contribution in [3.05, 3.63) is 33.1 Å². The van der Waals surface area contributed by atoms with Gasteiger partial charge in [-0.25, -0.2) is 9.78 Å². The number of rotatable bonds is 7. The molecule has 0 fully saturated rings. The van der Waals surface area contributed by atoms with Crippen molar-refractivity contribution in [1.82, 2.24) is 9.97 Å². The highest BCUT2D eigenvalue weighted by Crippen LogP contribution is 2.47. The second kappa shape index (κ2) is 8.38. The Bertz CT molecular complexity index is 1030. The van der Waals surface area contributed by atoms with E-state index in [2.05, 4.69) is 11.9 Å². The first kappa shape index (κ1) is 21.7. The molecule has 1 aliphatic rings. The van der Waals surface area contributed by atoms with Gasteiger partial charge in [0.2, 0.25) is 0 Å². The summed E-state index contributed by atoms with van der Waals surface area (Å²) < 4.78 is 5.98. The third kappa shape index (κ3) is 3.74. The van der Waals surface area contributed by atoms with Crippen LogP contribution in [0.2, 0.25) is 0 Å². The summed E-state index contributed by atoms with van der Waals surface area (Å²) in [7, 11) is 3.71. The van der Waals surface area contributed by atoms with E-state index in [1.54, 1.807) is 0 Å². The summed E-state index contributed by atoms with van der Waals surface area (Å²) in [5.74, 6) is -0.701. The molecule has 2 aromatic heterocycles. The third-order valence-electron chi connectivity index (χ3n) is 5.52. The number of aromatic nitrogens is 2. The van der Waals surface area contributed by atoms with Crippen molar-refractivity contribution in [2.45, 2.75) is 46.0 Å². The standard InChI is InChI=1S/C22H29N3O5/c1-6-7-8-30-14-10-12-9-13(11(2)3)15-18(17(12)23-20(14)25(4)5)24-21(27)16(19(15)26)22(28)29/h10-11,13H,6-9H2,1-5H3,(H,28,29)(H2,24,26,27). The minimum absolute atomic E-state index is 0.105. The minimum atomic E-state index is -1.45. The second-order valence-corrected chi connectivity index (χ2v) is 8.24. The fourth-order valence-electron chi connectivity index (χ4n) is 3.91. The van der Waals surface area contributed by atoms with E-state index in [-0.39, 0.29) is 11.8 Å². The van der Waals surface area contributed by atoms with Crippen molar-refractivity contribution >= 4 is 11.8 Å². The number of fused-ring (bicyclic) bond motifs is 3. The first-order valence-corrected chi connectivity index (χ1v) is 10.2. The molecule has 8 heteroatoms. The van der Waals surface area contributed by atoms with Crippen molar-refractivity contribution < 1.29 is 19.7 Å². The molecule has 0 saturated carbocycles. The number of hydrogen-bond acceptors (Lipinski definition) is 6. The van der Waals surface area contributed by atoms with Crippen LogP contribution < -0.4 is 15.2 Å². The Kier molecular flexibility index (Phi) is 6.05. The number of aromatic hydroxyl groups is 1. The van der Waals surface area contributed by atoms with E-state index in [0.29, 0.717) is 41.5 Å². The van der Waals surface area contributed by atoms with Gasteiger partial charge >= 0.3 is 5.97 Å². The monoisotopic (exact) mass is 415 g/mol. The lowest BCUT2D eigenvalue weighted by atomic mass is 9.76. The van der Waals surface area contributed by atoms with Crippen LogP contribution >= 0.6 is 0 Å². The maximum atomic E-state index is 12.4. The SMILES string of the molecule is CCCCOc1cc2c(nc1N(C)C)-c1[nH]c(=O)c(C(=O)O)c(O)c1C(C(C)C)C2. The van der Waals surface area contributed by atoms with Gasteiger partial charge in [-0.15, -0.1) is 0 Å². The number of pyridine rings is 2. The molecule has 162 valence electrons. The number of anilines is 1. The highest BCUT2D eigenvalue weighted by molar-refractivity contribution is 5.92. The van der Waals surface area contributed by atoms with Crippen LogP contribution in [-0.4, -0.2) is 46.9 Å². The number of unbranched alkanes of at least 4 members (excludes halogenated alkanes) is 1. The van der Waals surface area contributed by atoms with Gasteiger partial charge in [0.25, 0.3) is 5.56 Å². The van der Waals surface area contributed by atoms with Gasteiger partial charge < -0.3 is 24.8 Å². The van der Waals surface area contributed by atoms with E-state index < -0.39 is 22.8 Å². The van der Waals surface area contributed by atoms with Gasteiger partial charge in [0.1, 0.15) is 5.75 Å². The van der Waals surface area contributed by atoms with E-state index in [9.17, 15) is 19.8 Å². The molecule has 2 heterocycles. The van der Waals surface area contributed by atoms with E-state index in [1.807, 2.05) is 38.9 Å². The van der Waals surface area contributed by atoms with E-state index >= 15 is 0 Å². The van der Waals surface area contributed by atoms with Crippen molar-refractivity contribution in [2.24, 2.45) is 5.92 Å². The number of carboxylic acids is 1. The van der Waals surface area contributed by atoms with E-state index in [4.69, 9.17) is 9.72 Å². The van der Waals surface area contributed by atoms with Gasteiger partial charge in [-0.1, -0.05) is 27.2 Å². The Morgan fingerprint density at radius 2 is 2.10 bits per heavy atom. The second-order valence-electron chi connectivity index (χ2n) is 8.24. The van der Waals surface area contributed by atoms with Crippen molar-refractivity contribution in [2.75, 3.05) is 25.6 Å². The van der Waals surface area contributed by atoms with Gasteiger partial charge in [-0.05, 0) is 36.3 Å². The Balaban J connectivity index is 2.26. The average molecular weight is 415 g/mol. The molecule has 30 heavy (non-hydrogen) atoms. The Hall–Kier alpha value is -3.03. The molecule has 0 amide bonds. The lowest BCUT2D eigenvalue weighted by Gasteiger charge is -2.31. The first-order valence-electron chi connectivity index (χ1n) is 10.2. The molecular formula is C22H29N3O5. The topological polar surface area (TPSA) is 116 Å². The molecular weight excluding hydrogens is 386 g/mol. The summed E-state index contributed by atoms with van der Waals surface area (Å²) in [5.41, 5.74) is 0.784. The van der Waals surface area contributed by atoms with Crippen molar-refractivity contribution in [1.29, 1.82) is 0 Å². The molecule has 0 saturated heterocycles. The lowest BCUT2D eigenvalue weighted by Crippen LogP contribution is -2.26. The van der Waals surface area contributed by atoms with Gasteiger partial charge in [-0.2, -0.15) is 0 Å². The van der Waals surface area contributed by atoms with Crippen LogP contribution in [0.1, 0.15) is 61.0 Å². The van der Waals surface area contributed by atoms with Crippen LogP contribution in [0.25, 0.3) is 11.4 Å². The smallest absolute Gasteiger partial charge is 0.345 e. The van der Waals surface area contributed by atoms with Crippen molar-refractivity contribution in [3.8, 4) is 22.9 Å². The molecule has 8 nitrogen and oxygen atoms in total. The summed E-state index contributed by atoms with van der Waals surface area (Å²) in [6.45, 7) is 6.69. The molecule has 0 aromatic carbocycles. The van der Waals surface area contributed by atoms with E-state index in [1.165, 1.54) is 0 Å². The molecule has 3 rings (SSSR count). The molecule has 0 spiro atoms. The fraction of sp³-hybridized carbons (Fsp3) is 0.500. The number of ether oxygens (including phenoxy) is 1. The van der Waals surface area contributed by atoms with Crippen LogP contribution in [0.15, 0.2) is 10.9 Å². The number of carboxylic acid groups (broad SMARTS) is 1. The first-order chi connectivity index (χ1) is 14.2. The summed E-state index contributed by atoms with van der Waals surface area (Å²) in [6, 6.07) is 1.95. The lowest BCUT2D eigenvalue weighted by molar-refractivity contribution is 0.0691. The van der Waals surface area contributed by atoms with Crippen molar-refractivity contribution in [3.63, 3.8) is 0 Å². The van der Waals surface area contributed by atoms with Gasteiger partial charge in [0.15, 0.2) is 17.1 Å². The van der Waals surface area contributed by atoms with Gasteiger partial charge in [-0.3, -0.25) is 4.79 Å². The highest BCUT2D eigenvalue weighted by atomic mass is 16.5. The molecule has 0 radical (unpaired) electrons. The summed E-state index contributed by atoms with van der Waals surface area (Å²) in [5, 5.41) is 20.1. The number of nitrogens with one attached hydrogen (secondary N) is 1. The van der Waals surface area contributed by atoms with Gasteiger partial charge in [0, 0.05) is 19.7 Å². The molecule has 1 atom stereocenters. The quantitative estimate of drug-likeness (QED) is 0.594. The summed E-state index contributed by atoms with van der Waals surface area (Å²) in [6.07, 6.45) is 2.51. The Morgan fingerprint density at radius 1 is 1.40 bits per heavy atom. The zero-order valence-corrected chi connectivity index (χ0v) is 18.1. The highest BCUT2D eigenvalue weighted by Gasteiger charge is 2.35. The van der Waals surface area contributed by atoms with Crippen LogP contribution in [0.5, 0.6) is 11.5 Å². The molecule has 3 N–H and O–H groups in total. The average Bonchev–Trinajstić information content (AvgIpc) is 2.66. The number of aromatic carboxylic acids is 1. The normalized spacial score (nSPS) is 14.9. The van der Waals surface area contributed by atoms with Crippen LogP contribution in [0, 0.1) is 5.92 Å². The molecule has 2 aromatic rings. The Labute approximate surface area is 175 Å². The third-order valence-corrected chi connectivity index (χ3v) is 5.52. The number of nitrogens with zero attached hydrogens (tertiary/aromatic N) is 2. The number of carbonyl (C=O) groups is 1. The number of hydrogen-bond donors (Lipinski definition) is 3. The number of aromatic amines is 1. The summed E-state index contributed by atoms with van der Waals surface area (Å²) in [4.78, 5) is 33.3. The molecule has 1 aliphatic carbocycles. The maximum absolute atomic E-state index is 12.4. The van der Waals surface area contributed by atoms with Crippen LogP contribution in [0.3, 0.4) is 0 Å². The molecule has 0 aliphatic heterocycles. The predicted molar refractivity (Wildman–Crippen MR) is 115 cm³/mol. The maximum Gasteiger partial charge on any atom is 0.345 e. The summed E-state index contributed by atoms with van der Waals surface area (Å²) >= 11 is 0.